The van der Waals surface area contributed by atoms with Crippen molar-refractivity contribution in [3.63, 3.8) is 0 Å². The molecule has 0 radical (unpaired) electrons. The number of amides is 1. The Morgan fingerprint density at radius 1 is 1.53 bits per heavy atom. The van der Waals surface area contributed by atoms with Gasteiger partial charge in [-0.2, -0.15) is 0 Å². The molecule has 0 bridgehead atoms. The van der Waals surface area contributed by atoms with Gasteiger partial charge < -0.3 is 4.90 Å². The molecule has 1 aliphatic heterocycles. The summed E-state index contributed by atoms with van der Waals surface area (Å²) in [6.07, 6.45) is 2.37. The number of nitrogens with one attached hydrogen (secondary N) is 1. The molecule has 2 atom stereocenters. The van der Waals surface area contributed by atoms with E-state index in [-0.39, 0.29) is 11.8 Å². The largest absolute Gasteiger partial charge is 0.341 e. The van der Waals surface area contributed by atoms with E-state index in [0.29, 0.717) is 19.5 Å². The van der Waals surface area contributed by atoms with Crippen LogP contribution in [0.3, 0.4) is 0 Å². The standard InChI is InChI=1S/C11H22N2O3S/c1-4-5-9(2)11(14)13-7-6-10(8-13)17(15,16)12-3/h9-10,12H,4-8H2,1-3H3. The Bertz CT molecular complexity index is 367. The summed E-state index contributed by atoms with van der Waals surface area (Å²) in [5.41, 5.74) is 0. The van der Waals surface area contributed by atoms with E-state index in [9.17, 15) is 13.2 Å². The molecule has 5 nitrogen and oxygen atoms in total. The SMILES string of the molecule is CCCC(C)C(=O)N1CCC(S(=O)(=O)NC)C1. The molecule has 1 amide bonds. The topological polar surface area (TPSA) is 66.5 Å². The molecular weight excluding hydrogens is 240 g/mol. The lowest BCUT2D eigenvalue weighted by atomic mass is 10.1. The van der Waals surface area contributed by atoms with Gasteiger partial charge in [-0.05, 0) is 19.9 Å². The number of carbonyl (C=O) groups is 1. The maximum Gasteiger partial charge on any atom is 0.225 e. The highest BCUT2D eigenvalue weighted by molar-refractivity contribution is 7.90. The van der Waals surface area contributed by atoms with Crippen molar-refractivity contribution < 1.29 is 13.2 Å². The third-order valence-corrected chi connectivity index (χ3v) is 5.15. The van der Waals surface area contributed by atoms with E-state index in [1.54, 1.807) is 4.90 Å². The second-order valence-electron chi connectivity index (χ2n) is 4.63. The Morgan fingerprint density at radius 2 is 2.18 bits per heavy atom. The molecule has 2 unspecified atom stereocenters. The molecule has 0 aromatic rings. The smallest absolute Gasteiger partial charge is 0.225 e. The van der Waals surface area contributed by atoms with E-state index >= 15 is 0 Å². The number of sulfonamides is 1. The van der Waals surface area contributed by atoms with Gasteiger partial charge in [0.15, 0.2) is 0 Å². The van der Waals surface area contributed by atoms with Gasteiger partial charge in [-0.15, -0.1) is 0 Å². The van der Waals surface area contributed by atoms with E-state index in [4.69, 9.17) is 0 Å². The van der Waals surface area contributed by atoms with E-state index < -0.39 is 15.3 Å². The normalized spacial score (nSPS) is 22.8. The maximum absolute atomic E-state index is 12.0. The van der Waals surface area contributed by atoms with Gasteiger partial charge in [0.05, 0.1) is 5.25 Å². The molecule has 17 heavy (non-hydrogen) atoms. The summed E-state index contributed by atoms with van der Waals surface area (Å²) in [5, 5.41) is -0.453. The fraction of sp³-hybridized carbons (Fsp3) is 0.909. The van der Waals surface area contributed by atoms with Crippen molar-refractivity contribution in [1.82, 2.24) is 9.62 Å². The van der Waals surface area contributed by atoms with Crippen LogP contribution >= 0.6 is 0 Å². The van der Waals surface area contributed by atoms with Crippen molar-refractivity contribution in [2.45, 2.75) is 38.4 Å². The second-order valence-corrected chi connectivity index (χ2v) is 6.80. The first-order valence-electron chi connectivity index (χ1n) is 6.13. The Morgan fingerprint density at radius 3 is 2.71 bits per heavy atom. The van der Waals surface area contributed by atoms with Gasteiger partial charge in [0.25, 0.3) is 0 Å². The van der Waals surface area contributed by atoms with Gasteiger partial charge >= 0.3 is 0 Å². The quantitative estimate of drug-likeness (QED) is 0.788. The number of likely N-dealkylation sites (tertiary alicyclic amines) is 1. The third kappa shape index (κ3) is 3.42. The van der Waals surface area contributed by atoms with Crippen LogP contribution in [0.1, 0.15) is 33.1 Å². The number of carbonyl (C=O) groups excluding carboxylic acids is 1. The zero-order valence-corrected chi connectivity index (χ0v) is 11.6. The summed E-state index contributed by atoms with van der Waals surface area (Å²) in [4.78, 5) is 13.7. The summed E-state index contributed by atoms with van der Waals surface area (Å²) in [6.45, 7) is 4.84. The molecule has 1 heterocycles. The highest BCUT2D eigenvalue weighted by atomic mass is 32.2. The monoisotopic (exact) mass is 262 g/mol. The molecule has 0 aromatic heterocycles. The molecule has 0 saturated carbocycles. The summed E-state index contributed by atoms with van der Waals surface area (Å²) < 4.78 is 25.6. The van der Waals surface area contributed by atoms with Crippen LogP contribution in [0.4, 0.5) is 0 Å². The van der Waals surface area contributed by atoms with Gasteiger partial charge in [-0.25, -0.2) is 13.1 Å². The van der Waals surface area contributed by atoms with Gasteiger partial charge in [0.2, 0.25) is 15.9 Å². The van der Waals surface area contributed by atoms with Crippen LogP contribution in [0.15, 0.2) is 0 Å². The Hall–Kier alpha value is -0.620. The first kappa shape index (κ1) is 14.4. The van der Waals surface area contributed by atoms with Crippen molar-refractivity contribution in [2.75, 3.05) is 20.1 Å². The summed E-state index contributed by atoms with van der Waals surface area (Å²) in [7, 11) is -1.83. The number of rotatable bonds is 5. The van der Waals surface area contributed by atoms with E-state index in [1.165, 1.54) is 7.05 Å². The fourth-order valence-electron chi connectivity index (χ4n) is 2.22. The average molecular weight is 262 g/mol. The molecule has 1 aliphatic rings. The van der Waals surface area contributed by atoms with Crippen LogP contribution in [0.5, 0.6) is 0 Å². The van der Waals surface area contributed by atoms with Crippen LogP contribution < -0.4 is 4.72 Å². The molecule has 0 spiro atoms. The molecule has 0 aliphatic carbocycles. The van der Waals surface area contributed by atoms with Crippen LogP contribution in [0.2, 0.25) is 0 Å². The van der Waals surface area contributed by atoms with Gasteiger partial charge in [-0.3, -0.25) is 4.79 Å². The van der Waals surface area contributed by atoms with Crippen molar-refractivity contribution >= 4 is 15.9 Å². The predicted octanol–water partition coefficient (Wildman–Crippen LogP) is 0.573. The first-order chi connectivity index (χ1) is 7.92. The van der Waals surface area contributed by atoms with Crippen molar-refractivity contribution in [2.24, 2.45) is 5.92 Å². The Kier molecular flexibility index (Phi) is 4.94. The van der Waals surface area contributed by atoms with E-state index in [2.05, 4.69) is 4.72 Å². The summed E-state index contributed by atoms with van der Waals surface area (Å²) >= 11 is 0. The minimum atomic E-state index is -3.25. The first-order valence-corrected chi connectivity index (χ1v) is 7.68. The molecule has 1 rings (SSSR count). The Balaban J connectivity index is 2.59. The molecular formula is C11H22N2O3S. The second kappa shape index (κ2) is 5.82. The minimum Gasteiger partial charge on any atom is -0.341 e. The zero-order valence-electron chi connectivity index (χ0n) is 10.8. The van der Waals surface area contributed by atoms with E-state index in [0.717, 1.165) is 12.8 Å². The molecule has 1 saturated heterocycles. The van der Waals surface area contributed by atoms with Gasteiger partial charge in [0, 0.05) is 19.0 Å². The molecule has 0 aromatic carbocycles. The highest BCUT2D eigenvalue weighted by Crippen LogP contribution is 2.19. The number of hydrogen-bond donors (Lipinski definition) is 1. The lowest BCUT2D eigenvalue weighted by Gasteiger charge is -2.20. The zero-order chi connectivity index (χ0) is 13.1. The highest BCUT2D eigenvalue weighted by Gasteiger charge is 2.35. The van der Waals surface area contributed by atoms with Crippen molar-refractivity contribution in [3.05, 3.63) is 0 Å². The van der Waals surface area contributed by atoms with Gasteiger partial charge in [-0.1, -0.05) is 20.3 Å². The molecule has 1 N–H and O–H groups in total. The molecule has 1 fully saturated rings. The van der Waals surface area contributed by atoms with Crippen molar-refractivity contribution in [3.8, 4) is 0 Å². The lowest BCUT2D eigenvalue weighted by Crippen LogP contribution is -2.37. The Labute approximate surface area is 104 Å². The average Bonchev–Trinajstić information content (AvgIpc) is 2.78. The van der Waals surface area contributed by atoms with Crippen LogP contribution in [-0.4, -0.2) is 44.6 Å². The third-order valence-electron chi connectivity index (χ3n) is 3.32. The fourth-order valence-corrected chi connectivity index (χ4v) is 3.34. The van der Waals surface area contributed by atoms with Crippen LogP contribution in [-0.2, 0) is 14.8 Å². The summed E-state index contributed by atoms with van der Waals surface area (Å²) in [5.74, 6) is 0.0803. The lowest BCUT2D eigenvalue weighted by molar-refractivity contribution is -0.134. The number of nitrogens with zero attached hydrogens (tertiary/aromatic N) is 1. The van der Waals surface area contributed by atoms with Crippen molar-refractivity contribution in [1.29, 1.82) is 0 Å². The minimum absolute atomic E-state index is 0.00367. The summed E-state index contributed by atoms with van der Waals surface area (Å²) in [6, 6.07) is 0. The van der Waals surface area contributed by atoms with Crippen LogP contribution in [0.25, 0.3) is 0 Å². The van der Waals surface area contributed by atoms with Crippen LogP contribution in [0, 0.1) is 5.92 Å². The van der Waals surface area contributed by atoms with E-state index in [1.807, 2.05) is 13.8 Å². The maximum atomic E-state index is 12.0. The number of hydrogen-bond acceptors (Lipinski definition) is 3. The molecule has 100 valence electrons. The predicted molar refractivity (Wildman–Crippen MR) is 67.0 cm³/mol. The van der Waals surface area contributed by atoms with Gasteiger partial charge in [0.1, 0.15) is 0 Å². The molecule has 6 heteroatoms.